The summed E-state index contributed by atoms with van der Waals surface area (Å²) in [6, 6.07) is 4.76. The maximum Gasteiger partial charge on any atom is 0.0448 e. The Kier molecular flexibility index (Phi) is 5.18. The van der Waals surface area contributed by atoms with Crippen molar-refractivity contribution < 1.29 is 0 Å². The molecular formula is C16H26N2. The van der Waals surface area contributed by atoms with Gasteiger partial charge in [0.2, 0.25) is 0 Å². The molecule has 2 rings (SSSR count). The van der Waals surface area contributed by atoms with E-state index in [1.807, 2.05) is 12.3 Å². The van der Waals surface area contributed by atoms with E-state index in [4.69, 9.17) is 0 Å². The van der Waals surface area contributed by atoms with Crippen LogP contribution in [0.15, 0.2) is 18.3 Å². The summed E-state index contributed by atoms with van der Waals surface area (Å²) in [6.45, 7) is 2.16. The number of nitrogens with zero attached hydrogens (tertiary/aromatic N) is 1. The molecule has 18 heavy (non-hydrogen) atoms. The van der Waals surface area contributed by atoms with E-state index < -0.39 is 0 Å². The predicted molar refractivity (Wildman–Crippen MR) is 76.7 cm³/mol. The Balaban J connectivity index is 1.83. The van der Waals surface area contributed by atoms with Crippen molar-refractivity contribution in [1.29, 1.82) is 0 Å². The lowest BCUT2D eigenvalue weighted by atomic mass is 9.95. The molecule has 1 aliphatic carbocycles. The number of nitrogens with one attached hydrogen (secondary N) is 1. The Morgan fingerprint density at radius 2 is 2.17 bits per heavy atom. The molecular weight excluding hydrogens is 220 g/mol. The third-order valence-electron chi connectivity index (χ3n) is 4.36. The van der Waals surface area contributed by atoms with Gasteiger partial charge < -0.3 is 5.32 Å². The molecule has 2 nitrogen and oxygen atoms in total. The van der Waals surface area contributed by atoms with Gasteiger partial charge in [-0.15, -0.1) is 0 Å². The van der Waals surface area contributed by atoms with Gasteiger partial charge in [-0.05, 0) is 44.4 Å². The predicted octanol–water partition coefficient (Wildman–Crippen LogP) is 3.49. The zero-order valence-electron chi connectivity index (χ0n) is 11.8. The number of rotatable bonds is 6. The first kappa shape index (κ1) is 13.5. The zero-order valence-corrected chi connectivity index (χ0v) is 11.8. The van der Waals surface area contributed by atoms with Crippen molar-refractivity contribution >= 4 is 0 Å². The van der Waals surface area contributed by atoms with Crippen molar-refractivity contribution in [3.05, 3.63) is 29.6 Å². The number of pyridine rings is 1. The molecule has 0 radical (unpaired) electrons. The van der Waals surface area contributed by atoms with Crippen molar-refractivity contribution in [1.82, 2.24) is 10.3 Å². The van der Waals surface area contributed by atoms with E-state index in [0.717, 1.165) is 12.3 Å². The summed E-state index contributed by atoms with van der Waals surface area (Å²) >= 11 is 0. The van der Waals surface area contributed by atoms with Crippen LogP contribution < -0.4 is 5.32 Å². The highest BCUT2D eigenvalue weighted by molar-refractivity contribution is 5.18. The Morgan fingerprint density at radius 1 is 1.39 bits per heavy atom. The van der Waals surface area contributed by atoms with Crippen LogP contribution in [0.1, 0.15) is 49.8 Å². The highest BCUT2D eigenvalue weighted by atomic mass is 14.9. The van der Waals surface area contributed by atoms with Crippen molar-refractivity contribution in [2.45, 2.75) is 57.9 Å². The number of likely N-dealkylation sites (N-methyl/N-ethyl adjacent to an activating group) is 1. The lowest BCUT2D eigenvalue weighted by Crippen LogP contribution is -2.28. The second kappa shape index (κ2) is 6.89. The van der Waals surface area contributed by atoms with Gasteiger partial charge >= 0.3 is 0 Å². The molecule has 1 unspecified atom stereocenters. The molecule has 1 saturated carbocycles. The van der Waals surface area contributed by atoms with Crippen LogP contribution in [-0.4, -0.2) is 18.1 Å². The molecule has 100 valence electrons. The third kappa shape index (κ3) is 3.81. The van der Waals surface area contributed by atoms with Gasteiger partial charge in [-0.3, -0.25) is 4.98 Å². The maximum absolute atomic E-state index is 4.51. The lowest BCUT2D eigenvalue weighted by molar-refractivity contribution is 0.416. The second-order valence-corrected chi connectivity index (χ2v) is 5.68. The van der Waals surface area contributed by atoms with Gasteiger partial charge in [-0.25, -0.2) is 0 Å². The number of hydrogen-bond acceptors (Lipinski definition) is 2. The van der Waals surface area contributed by atoms with Crippen LogP contribution in [0.5, 0.6) is 0 Å². The van der Waals surface area contributed by atoms with E-state index in [2.05, 4.69) is 30.3 Å². The molecule has 0 aliphatic heterocycles. The van der Waals surface area contributed by atoms with Gasteiger partial charge in [-0.2, -0.15) is 0 Å². The van der Waals surface area contributed by atoms with E-state index in [1.165, 1.54) is 49.8 Å². The summed E-state index contributed by atoms with van der Waals surface area (Å²) < 4.78 is 0. The summed E-state index contributed by atoms with van der Waals surface area (Å²) in [7, 11) is 2.08. The van der Waals surface area contributed by atoms with E-state index in [0.29, 0.717) is 6.04 Å². The average molecular weight is 246 g/mol. The fourth-order valence-corrected chi connectivity index (χ4v) is 3.05. The molecule has 0 aromatic carbocycles. The summed E-state index contributed by atoms with van der Waals surface area (Å²) in [5.74, 6) is 0.991. The Hall–Kier alpha value is -0.890. The van der Waals surface area contributed by atoms with Crippen LogP contribution in [0.2, 0.25) is 0 Å². The quantitative estimate of drug-likeness (QED) is 0.831. The van der Waals surface area contributed by atoms with Gasteiger partial charge in [-0.1, -0.05) is 31.7 Å². The van der Waals surface area contributed by atoms with E-state index >= 15 is 0 Å². The standard InChI is InChI=1S/C16H26N2/c1-13-6-5-11-18-16(13)12-15(17-2)10-9-14-7-3-4-8-14/h5-6,11,14-15,17H,3-4,7-10,12H2,1-2H3. The van der Waals surface area contributed by atoms with E-state index in [9.17, 15) is 0 Å². The average Bonchev–Trinajstić information content (AvgIpc) is 2.90. The monoisotopic (exact) mass is 246 g/mol. The SMILES string of the molecule is CNC(CCC1CCCC1)Cc1ncccc1C. The minimum Gasteiger partial charge on any atom is -0.317 e. The van der Waals surface area contributed by atoms with E-state index in [1.54, 1.807) is 0 Å². The van der Waals surface area contributed by atoms with Crippen LogP contribution in [0.25, 0.3) is 0 Å². The molecule has 1 fully saturated rings. The van der Waals surface area contributed by atoms with Gasteiger partial charge in [0.25, 0.3) is 0 Å². The van der Waals surface area contributed by atoms with Crippen LogP contribution in [-0.2, 0) is 6.42 Å². The highest BCUT2D eigenvalue weighted by Gasteiger charge is 2.17. The normalized spacial score (nSPS) is 18.1. The van der Waals surface area contributed by atoms with E-state index in [-0.39, 0.29) is 0 Å². The molecule has 0 amide bonds. The van der Waals surface area contributed by atoms with Crippen LogP contribution in [0.4, 0.5) is 0 Å². The lowest BCUT2D eigenvalue weighted by Gasteiger charge is -2.18. The molecule has 1 atom stereocenters. The van der Waals surface area contributed by atoms with Crippen LogP contribution in [0, 0.1) is 12.8 Å². The summed E-state index contributed by atoms with van der Waals surface area (Å²) in [5.41, 5.74) is 2.57. The Bertz CT molecular complexity index is 356. The number of aryl methyl sites for hydroxylation is 1. The molecule has 1 heterocycles. The summed E-state index contributed by atoms with van der Waals surface area (Å²) in [6.07, 6.45) is 11.5. The zero-order chi connectivity index (χ0) is 12.8. The van der Waals surface area contributed by atoms with Crippen molar-refractivity contribution in [3.8, 4) is 0 Å². The van der Waals surface area contributed by atoms with Gasteiger partial charge in [0, 0.05) is 24.4 Å². The highest BCUT2D eigenvalue weighted by Crippen LogP contribution is 2.29. The number of hydrogen-bond donors (Lipinski definition) is 1. The Morgan fingerprint density at radius 3 is 2.83 bits per heavy atom. The van der Waals surface area contributed by atoms with Gasteiger partial charge in [0.15, 0.2) is 0 Å². The first-order chi connectivity index (χ1) is 8.79. The minimum atomic E-state index is 0.583. The van der Waals surface area contributed by atoms with Crippen molar-refractivity contribution in [2.75, 3.05) is 7.05 Å². The number of aromatic nitrogens is 1. The van der Waals surface area contributed by atoms with Crippen molar-refractivity contribution in [2.24, 2.45) is 5.92 Å². The molecule has 1 N–H and O–H groups in total. The summed E-state index contributed by atoms with van der Waals surface area (Å²) in [5, 5.41) is 3.46. The maximum atomic E-state index is 4.51. The first-order valence-electron chi connectivity index (χ1n) is 7.37. The molecule has 1 aliphatic rings. The summed E-state index contributed by atoms with van der Waals surface area (Å²) in [4.78, 5) is 4.51. The van der Waals surface area contributed by atoms with Gasteiger partial charge in [0.05, 0.1) is 0 Å². The fourth-order valence-electron chi connectivity index (χ4n) is 3.05. The smallest absolute Gasteiger partial charge is 0.0448 e. The van der Waals surface area contributed by atoms with Gasteiger partial charge in [0.1, 0.15) is 0 Å². The molecule has 2 heteroatoms. The first-order valence-corrected chi connectivity index (χ1v) is 7.37. The molecule has 1 aromatic rings. The van der Waals surface area contributed by atoms with Crippen LogP contribution >= 0.6 is 0 Å². The molecule has 0 spiro atoms. The van der Waals surface area contributed by atoms with Crippen molar-refractivity contribution in [3.63, 3.8) is 0 Å². The second-order valence-electron chi connectivity index (χ2n) is 5.68. The Labute approximate surface area is 111 Å². The minimum absolute atomic E-state index is 0.583. The molecule has 0 saturated heterocycles. The molecule has 1 aromatic heterocycles. The fraction of sp³-hybridized carbons (Fsp3) is 0.688. The topological polar surface area (TPSA) is 24.9 Å². The van der Waals surface area contributed by atoms with Crippen LogP contribution in [0.3, 0.4) is 0 Å². The third-order valence-corrected chi connectivity index (χ3v) is 4.36. The largest absolute Gasteiger partial charge is 0.317 e. The molecule has 0 bridgehead atoms.